The number of carbonyl (C=O) groups is 2. The fraction of sp³-hybridized carbons (Fsp3) is 0.192. The first kappa shape index (κ1) is 22.5. The van der Waals surface area contributed by atoms with E-state index < -0.39 is 11.9 Å². The summed E-state index contributed by atoms with van der Waals surface area (Å²) in [5.41, 5.74) is 3.54. The Kier molecular flexibility index (Phi) is 7.00. The number of fused-ring (bicyclic) bond motifs is 1. The van der Waals surface area contributed by atoms with Crippen LogP contribution in [-0.4, -0.2) is 36.6 Å². The fourth-order valence-electron chi connectivity index (χ4n) is 3.65. The lowest BCUT2D eigenvalue weighted by molar-refractivity contribution is -0.119. The number of nitrogens with one attached hydrogen (secondary N) is 1. The van der Waals surface area contributed by atoms with Crippen molar-refractivity contribution >= 4 is 45.5 Å². The molecule has 0 aliphatic heterocycles. The van der Waals surface area contributed by atoms with Gasteiger partial charge in [0.05, 0.1) is 21.7 Å². The summed E-state index contributed by atoms with van der Waals surface area (Å²) >= 11 is 1.55. The number of rotatable bonds is 8. The number of hydrogen-bond donors (Lipinski definition) is 1. The van der Waals surface area contributed by atoms with E-state index in [0.29, 0.717) is 27.8 Å². The van der Waals surface area contributed by atoms with E-state index in [2.05, 4.69) is 29.0 Å². The predicted octanol–water partition coefficient (Wildman–Crippen LogP) is 5.61. The maximum atomic E-state index is 12.9. The van der Waals surface area contributed by atoms with Gasteiger partial charge < -0.3 is 15.0 Å². The highest BCUT2D eigenvalue weighted by atomic mass is 32.1. The minimum absolute atomic E-state index is 0.373. The van der Waals surface area contributed by atoms with E-state index in [1.807, 2.05) is 66.0 Å². The van der Waals surface area contributed by atoms with Gasteiger partial charge in [0.1, 0.15) is 0 Å². The SMILES string of the molecule is CCN(CC)c1ccc(NC(=O)COC(=O)c2cc(-c3cccs3)nc3ccccc23)cc1. The zero-order valence-corrected chi connectivity index (χ0v) is 19.4. The van der Waals surface area contributed by atoms with Crippen molar-refractivity contribution in [2.24, 2.45) is 0 Å². The molecule has 0 bridgehead atoms. The fourth-order valence-corrected chi connectivity index (χ4v) is 4.33. The third kappa shape index (κ3) is 5.21. The van der Waals surface area contributed by atoms with Gasteiger partial charge in [0.25, 0.3) is 5.91 Å². The van der Waals surface area contributed by atoms with E-state index >= 15 is 0 Å². The maximum Gasteiger partial charge on any atom is 0.339 e. The van der Waals surface area contributed by atoms with Gasteiger partial charge in [-0.25, -0.2) is 9.78 Å². The summed E-state index contributed by atoms with van der Waals surface area (Å²) in [4.78, 5) is 33.1. The first-order chi connectivity index (χ1) is 16.1. The molecule has 2 heterocycles. The largest absolute Gasteiger partial charge is 0.452 e. The number of thiophene rings is 1. The number of para-hydroxylation sites is 1. The van der Waals surface area contributed by atoms with Crippen molar-refractivity contribution in [2.75, 3.05) is 29.9 Å². The number of amides is 1. The van der Waals surface area contributed by atoms with Crippen molar-refractivity contribution in [1.29, 1.82) is 0 Å². The van der Waals surface area contributed by atoms with Gasteiger partial charge in [-0.05, 0) is 61.7 Å². The summed E-state index contributed by atoms with van der Waals surface area (Å²) < 4.78 is 5.36. The number of esters is 1. The Hall–Kier alpha value is -3.71. The lowest BCUT2D eigenvalue weighted by atomic mass is 10.1. The van der Waals surface area contributed by atoms with Gasteiger partial charge in [0.15, 0.2) is 6.61 Å². The van der Waals surface area contributed by atoms with Crippen molar-refractivity contribution in [1.82, 2.24) is 4.98 Å². The Morgan fingerprint density at radius 3 is 2.45 bits per heavy atom. The molecule has 4 aromatic rings. The zero-order chi connectivity index (χ0) is 23.2. The van der Waals surface area contributed by atoms with E-state index in [9.17, 15) is 9.59 Å². The maximum absolute atomic E-state index is 12.9. The Morgan fingerprint density at radius 2 is 1.76 bits per heavy atom. The van der Waals surface area contributed by atoms with Crippen LogP contribution in [0.1, 0.15) is 24.2 Å². The van der Waals surface area contributed by atoms with Crippen molar-refractivity contribution in [2.45, 2.75) is 13.8 Å². The van der Waals surface area contributed by atoms with Crippen LogP contribution in [-0.2, 0) is 9.53 Å². The molecule has 7 heteroatoms. The number of pyridine rings is 1. The molecule has 1 N–H and O–H groups in total. The molecule has 1 amide bonds. The van der Waals surface area contributed by atoms with E-state index in [0.717, 1.165) is 23.7 Å². The first-order valence-electron chi connectivity index (χ1n) is 10.8. The van der Waals surface area contributed by atoms with Crippen molar-refractivity contribution in [3.05, 3.63) is 77.7 Å². The highest BCUT2D eigenvalue weighted by molar-refractivity contribution is 7.13. The minimum Gasteiger partial charge on any atom is -0.452 e. The molecule has 4 rings (SSSR count). The molecule has 33 heavy (non-hydrogen) atoms. The number of nitrogens with zero attached hydrogens (tertiary/aromatic N) is 2. The van der Waals surface area contributed by atoms with Crippen LogP contribution in [0.25, 0.3) is 21.5 Å². The van der Waals surface area contributed by atoms with Crippen LogP contribution in [0.3, 0.4) is 0 Å². The molecule has 2 aromatic carbocycles. The van der Waals surface area contributed by atoms with Crippen LogP contribution in [0.15, 0.2) is 72.1 Å². The molecule has 6 nitrogen and oxygen atoms in total. The second-order valence-electron chi connectivity index (χ2n) is 7.39. The average molecular weight is 460 g/mol. The van der Waals surface area contributed by atoms with Crippen LogP contribution in [0.2, 0.25) is 0 Å². The van der Waals surface area contributed by atoms with Gasteiger partial charge in [-0.15, -0.1) is 11.3 Å². The molecule has 0 atom stereocenters. The number of ether oxygens (including phenoxy) is 1. The monoisotopic (exact) mass is 459 g/mol. The van der Waals surface area contributed by atoms with E-state index in [1.54, 1.807) is 17.4 Å². The molecule has 0 unspecified atom stereocenters. The van der Waals surface area contributed by atoms with Gasteiger partial charge in [-0.1, -0.05) is 24.3 Å². The number of carbonyl (C=O) groups excluding carboxylic acids is 2. The molecule has 0 saturated heterocycles. The number of anilines is 2. The second kappa shape index (κ2) is 10.3. The normalized spacial score (nSPS) is 10.7. The van der Waals surface area contributed by atoms with Gasteiger partial charge in [-0.2, -0.15) is 0 Å². The molecule has 0 fully saturated rings. The third-order valence-corrected chi connectivity index (χ3v) is 6.22. The summed E-state index contributed by atoms with van der Waals surface area (Å²) in [5, 5.41) is 5.43. The Labute approximate surface area is 196 Å². The summed E-state index contributed by atoms with van der Waals surface area (Å²) in [5.74, 6) is -0.950. The number of aromatic nitrogens is 1. The van der Waals surface area contributed by atoms with Crippen LogP contribution >= 0.6 is 11.3 Å². The van der Waals surface area contributed by atoms with Gasteiger partial charge in [0, 0.05) is 29.9 Å². The van der Waals surface area contributed by atoms with E-state index in [1.165, 1.54) is 0 Å². The molecule has 0 radical (unpaired) electrons. The van der Waals surface area contributed by atoms with Crippen LogP contribution in [0, 0.1) is 0 Å². The minimum atomic E-state index is -0.557. The topological polar surface area (TPSA) is 71.5 Å². The lowest BCUT2D eigenvalue weighted by Crippen LogP contribution is -2.22. The van der Waals surface area contributed by atoms with Gasteiger partial charge >= 0.3 is 5.97 Å². The number of benzene rings is 2. The molecule has 2 aromatic heterocycles. The molecule has 168 valence electrons. The summed E-state index contributed by atoms with van der Waals surface area (Å²) in [6.07, 6.45) is 0. The Bertz CT molecular complexity index is 1250. The summed E-state index contributed by atoms with van der Waals surface area (Å²) in [6.45, 7) is 5.65. The van der Waals surface area contributed by atoms with E-state index in [4.69, 9.17) is 4.74 Å². The quantitative estimate of drug-likeness (QED) is 0.347. The Balaban J connectivity index is 1.45. The molecular formula is C26H25N3O3S. The highest BCUT2D eigenvalue weighted by Crippen LogP contribution is 2.28. The van der Waals surface area contributed by atoms with Crippen LogP contribution in [0.5, 0.6) is 0 Å². The Morgan fingerprint density at radius 1 is 1.00 bits per heavy atom. The first-order valence-corrected chi connectivity index (χ1v) is 11.7. The van der Waals surface area contributed by atoms with Crippen molar-refractivity contribution < 1.29 is 14.3 Å². The molecule has 0 aliphatic rings. The highest BCUT2D eigenvalue weighted by Gasteiger charge is 2.17. The van der Waals surface area contributed by atoms with Crippen molar-refractivity contribution in [3.8, 4) is 10.6 Å². The lowest BCUT2D eigenvalue weighted by Gasteiger charge is -2.21. The predicted molar refractivity (Wildman–Crippen MR) is 134 cm³/mol. The zero-order valence-electron chi connectivity index (χ0n) is 18.6. The van der Waals surface area contributed by atoms with Crippen molar-refractivity contribution in [3.63, 3.8) is 0 Å². The van der Waals surface area contributed by atoms with Crippen LogP contribution < -0.4 is 10.2 Å². The summed E-state index contributed by atoms with van der Waals surface area (Å²) in [7, 11) is 0. The average Bonchev–Trinajstić information content (AvgIpc) is 3.39. The molecular weight excluding hydrogens is 434 g/mol. The third-order valence-electron chi connectivity index (χ3n) is 5.32. The summed E-state index contributed by atoms with van der Waals surface area (Å²) in [6, 6.07) is 20.6. The van der Waals surface area contributed by atoms with Gasteiger partial charge in [0.2, 0.25) is 0 Å². The smallest absolute Gasteiger partial charge is 0.339 e. The van der Waals surface area contributed by atoms with Gasteiger partial charge in [-0.3, -0.25) is 4.79 Å². The second-order valence-corrected chi connectivity index (χ2v) is 8.34. The standard InChI is InChI=1S/C26H25N3O3S/c1-3-29(4-2)19-13-11-18(12-14-19)27-25(30)17-32-26(31)21-16-23(24-10-7-15-33-24)28-22-9-6-5-8-20(21)22/h5-16H,3-4,17H2,1-2H3,(H,27,30). The molecule has 0 aliphatic carbocycles. The molecule has 0 spiro atoms. The molecule has 0 saturated carbocycles. The van der Waals surface area contributed by atoms with Crippen LogP contribution in [0.4, 0.5) is 11.4 Å². The van der Waals surface area contributed by atoms with E-state index in [-0.39, 0.29) is 6.61 Å². The number of hydrogen-bond acceptors (Lipinski definition) is 6.